The molecule has 0 amide bonds. The third-order valence-corrected chi connectivity index (χ3v) is 5.20. The number of nitrogens with zero attached hydrogens (tertiary/aromatic N) is 2. The van der Waals surface area contributed by atoms with Gasteiger partial charge in [0, 0.05) is 25.0 Å². The van der Waals surface area contributed by atoms with Crippen LogP contribution >= 0.6 is 0 Å². The van der Waals surface area contributed by atoms with Crippen LogP contribution in [0.25, 0.3) is 0 Å². The molecule has 0 spiro atoms. The van der Waals surface area contributed by atoms with Gasteiger partial charge < -0.3 is 10.9 Å². The summed E-state index contributed by atoms with van der Waals surface area (Å²) in [7, 11) is -2.00. The second-order valence-corrected chi connectivity index (χ2v) is 6.66. The monoisotopic (exact) mass is 278 g/mol. The molecule has 1 fully saturated rings. The minimum absolute atomic E-state index is 0.0902. The third kappa shape index (κ3) is 3.33. The van der Waals surface area contributed by atoms with Gasteiger partial charge in [0.25, 0.3) is 10.2 Å². The van der Waals surface area contributed by atoms with Crippen LogP contribution in [-0.4, -0.2) is 42.9 Å². The molecule has 1 aliphatic carbocycles. The summed E-state index contributed by atoms with van der Waals surface area (Å²) in [6.45, 7) is 3.60. The highest BCUT2D eigenvalue weighted by molar-refractivity contribution is 7.87. The minimum atomic E-state index is -3.53. The summed E-state index contributed by atoms with van der Waals surface area (Å²) in [5.41, 5.74) is 5.57. The van der Waals surface area contributed by atoms with Gasteiger partial charge in [0.15, 0.2) is 0 Å². The minimum Gasteiger partial charge on any atom is -0.409 e. The molecule has 106 valence electrons. The topological polar surface area (TPSA) is 108 Å². The van der Waals surface area contributed by atoms with Crippen LogP contribution in [0.2, 0.25) is 0 Å². The predicted octanol–water partition coefficient (Wildman–Crippen LogP) is 0.0761. The Morgan fingerprint density at radius 3 is 2.61 bits per heavy atom. The van der Waals surface area contributed by atoms with E-state index < -0.39 is 10.2 Å². The van der Waals surface area contributed by atoms with E-state index in [-0.39, 0.29) is 23.8 Å². The van der Waals surface area contributed by atoms with E-state index in [1.165, 1.54) is 11.4 Å². The molecule has 0 bridgehead atoms. The van der Waals surface area contributed by atoms with Gasteiger partial charge in [-0.05, 0) is 26.7 Å². The number of nitrogens with two attached hydrogens (primary N) is 1. The molecule has 0 saturated heterocycles. The Hall–Kier alpha value is -0.860. The Labute approximate surface area is 108 Å². The Morgan fingerprint density at radius 1 is 1.50 bits per heavy atom. The summed E-state index contributed by atoms with van der Waals surface area (Å²) in [6.07, 6.45) is 2.29. The molecule has 0 heterocycles. The molecule has 18 heavy (non-hydrogen) atoms. The standard InChI is InChI=1S/C10H22N4O3S/c1-7(2)14(3)18(16,17)13-9-6-4-5-8(9)10(11)12-15/h7-9,13,15H,4-6H2,1-3H3,(H2,11,12). The summed E-state index contributed by atoms with van der Waals surface area (Å²) in [4.78, 5) is 0. The first-order chi connectivity index (χ1) is 8.29. The summed E-state index contributed by atoms with van der Waals surface area (Å²) in [5, 5.41) is 11.7. The Bertz CT molecular complexity index is 407. The summed E-state index contributed by atoms with van der Waals surface area (Å²) in [5.74, 6) is -0.141. The van der Waals surface area contributed by atoms with E-state index in [1.54, 1.807) is 13.8 Å². The molecule has 1 rings (SSSR count). The number of hydrogen-bond acceptors (Lipinski definition) is 4. The number of oxime groups is 1. The van der Waals surface area contributed by atoms with Gasteiger partial charge in [-0.2, -0.15) is 17.4 Å². The van der Waals surface area contributed by atoms with Crippen LogP contribution in [0.4, 0.5) is 0 Å². The fourth-order valence-electron chi connectivity index (χ4n) is 2.08. The number of nitrogens with one attached hydrogen (secondary N) is 1. The van der Waals surface area contributed by atoms with Crippen molar-refractivity contribution in [3.05, 3.63) is 0 Å². The van der Waals surface area contributed by atoms with E-state index in [4.69, 9.17) is 10.9 Å². The van der Waals surface area contributed by atoms with Crippen LogP contribution in [-0.2, 0) is 10.2 Å². The zero-order valence-corrected chi connectivity index (χ0v) is 11.8. The van der Waals surface area contributed by atoms with E-state index in [9.17, 15) is 8.42 Å². The fraction of sp³-hybridized carbons (Fsp3) is 0.900. The summed E-state index contributed by atoms with van der Waals surface area (Å²) >= 11 is 0. The first kappa shape index (κ1) is 15.2. The number of amidine groups is 1. The molecule has 1 aliphatic rings. The molecule has 2 atom stereocenters. The second kappa shape index (κ2) is 5.85. The van der Waals surface area contributed by atoms with Crippen molar-refractivity contribution >= 4 is 16.0 Å². The lowest BCUT2D eigenvalue weighted by Crippen LogP contribution is -2.49. The SMILES string of the molecule is CC(C)N(C)S(=O)(=O)NC1CCCC1C(N)=NO. The summed E-state index contributed by atoms with van der Waals surface area (Å²) in [6, 6.07) is -0.418. The maximum absolute atomic E-state index is 12.1. The van der Waals surface area contributed by atoms with Crippen LogP contribution in [0.1, 0.15) is 33.1 Å². The second-order valence-electron chi connectivity index (χ2n) is 4.90. The number of hydrogen-bond donors (Lipinski definition) is 3. The molecule has 8 heteroatoms. The van der Waals surface area contributed by atoms with Crippen LogP contribution < -0.4 is 10.5 Å². The van der Waals surface area contributed by atoms with E-state index in [0.29, 0.717) is 6.42 Å². The lowest BCUT2D eigenvalue weighted by atomic mass is 10.0. The third-order valence-electron chi connectivity index (χ3n) is 3.42. The van der Waals surface area contributed by atoms with Crippen molar-refractivity contribution in [1.29, 1.82) is 0 Å². The van der Waals surface area contributed by atoms with E-state index in [1.807, 2.05) is 0 Å². The smallest absolute Gasteiger partial charge is 0.279 e. The van der Waals surface area contributed by atoms with E-state index in [0.717, 1.165) is 12.8 Å². The van der Waals surface area contributed by atoms with Crippen molar-refractivity contribution in [2.75, 3.05) is 7.05 Å². The van der Waals surface area contributed by atoms with Crippen molar-refractivity contribution in [2.24, 2.45) is 16.8 Å². The van der Waals surface area contributed by atoms with Crippen LogP contribution in [0.15, 0.2) is 5.16 Å². The van der Waals surface area contributed by atoms with Gasteiger partial charge in [0.1, 0.15) is 5.84 Å². The molecule has 2 unspecified atom stereocenters. The average molecular weight is 278 g/mol. The normalized spacial score (nSPS) is 26.2. The molecule has 0 aromatic rings. The first-order valence-corrected chi connectivity index (χ1v) is 7.46. The maximum Gasteiger partial charge on any atom is 0.279 e. The van der Waals surface area contributed by atoms with Crippen LogP contribution in [0.5, 0.6) is 0 Å². The van der Waals surface area contributed by atoms with Crippen molar-refractivity contribution in [1.82, 2.24) is 9.03 Å². The highest BCUT2D eigenvalue weighted by atomic mass is 32.2. The zero-order valence-electron chi connectivity index (χ0n) is 11.0. The molecule has 1 saturated carbocycles. The molecule has 0 aromatic heterocycles. The van der Waals surface area contributed by atoms with Gasteiger partial charge in [0.2, 0.25) is 0 Å². The number of rotatable bonds is 5. The van der Waals surface area contributed by atoms with E-state index in [2.05, 4.69) is 9.88 Å². The fourth-order valence-corrected chi connectivity index (χ4v) is 3.47. The Kier molecular flexibility index (Phi) is 4.94. The summed E-state index contributed by atoms with van der Waals surface area (Å²) < 4.78 is 28.0. The quantitative estimate of drug-likeness (QED) is 0.286. The van der Waals surface area contributed by atoms with Gasteiger partial charge in [-0.25, -0.2) is 0 Å². The lowest BCUT2D eigenvalue weighted by molar-refractivity contribution is 0.312. The van der Waals surface area contributed by atoms with E-state index >= 15 is 0 Å². The van der Waals surface area contributed by atoms with Crippen LogP contribution in [0, 0.1) is 5.92 Å². The molecule has 7 nitrogen and oxygen atoms in total. The Balaban J connectivity index is 2.78. The first-order valence-electron chi connectivity index (χ1n) is 6.02. The zero-order chi connectivity index (χ0) is 13.9. The molecule has 0 radical (unpaired) electrons. The largest absolute Gasteiger partial charge is 0.409 e. The highest BCUT2D eigenvalue weighted by Gasteiger charge is 2.35. The molecular weight excluding hydrogens is 256 g/mol. The predicted molar refractivity (Wildman–Crippen MR) is 69.5 cm³/mol. The molecule has 0 aromatic carbocycles. The van der Waals surface area contributed by atoms with Gasteiger partial charge in [-0.3, -0.25) is 0 Å². The molecular formula is C10H22N4O3S. The van der Waals surface area contributed by atoms with Crippen molar-refractivity contribution in [2.45, 2.75) is 45.2 Å². The lowest BCUT2D eigenvalue weighted by Gasteiger charge is -2.26. The van der Waals surface area contributed by atoms with Crippen molar-refractivity contribution in [3.8, 4) is 0 Å². The van der Waals surface area contributed by atoms with Crippen LogP contribution in [0.3, 0.4) is 0 Å². The van der Waals surface area contributed by atoms with Crippen molar-refractivity contribution in [3.63, 3.8) is 0 Å². The van der Waals surface area contributed by atoms with Gasteiger partial charge in [-0.15, -0.1) is 0 Å². The molecule has 0 aliphatic heterocycles. The Morgan fingerprint density at radius 2 is 2.11 bits per heavy atom. The van der Waals surface area contributed by atoms with Gasteiger partial charge in [0.05, 0.1) is 0 Å². The van der Waals surface area contributed by atoms with Gasteiger partial charge >= 0.3 is 0 Å². The highest BCUT2D eigenvalue weighted by Crippen LogP contribution is 2.26. The van der Waals surface area contributed by atoms with Gasteiger partial charge in [-0.1, -0.05) is 11.6 Å². The molecule has 4 N–H and O–H groups in total. The maximum atomic E-state index is 12.1. The van der Waals surface area contributed by atoms with Crippen molar-refractivity contribution < 1.29 is 13.6 Å². The average Bonchev–Trinajstić information content (AvgIpc) is 2.74.